The smallest absolute Gasteiger partial charge is 0.225 e. The minimum atomic E-state index is -0.554. The quantitative estimate of drug-likeness (QED) is 0.589. The van der Waals surface area contributed by atoms with Crippen molar-refractivity contribution in [3.63, 3.8) is 0 Å². The van der Waals surface area contributed by atoms with Crippen molar-refractivity contribution in [2.45, 2.75) is 31.7 Å². The Hall–Kier alpha value is -3.15. The van der Waals surface area contributed by atoms with Crippen LogP contribution in [-0.4, -0.2) is 28.8 Å². The van der Waals surface area contributed by atoms with Crippen LogP contribution in [0.25, 0.3) is 11.1 Å². The molecule has 4 nitrogen and oxygen atoms in total. The third-order valence-electron chi connectivity index (χ3n) is 5.87. The monoisotopic (exact) mass is 404 g/mol. The van der Waals surface area contributed by atoms with Gasteiger partial charge in [-0.15, -0.1) is 0 Å². The number of aromatic nitrogens is 2. The van der Waals surface area contributed by atoms with Crippen molar-refractivity contribution in [1.82, 2.24) is 9.97 Å². The van der Waals surface area contributed by atoms with E-state index >= 15 is 0 Å². The molecule has 1 saturated heterocycles. The van der Waals surface area contributed by atoms with Gasteiger partial charge in [0.2, 0.25) is 5.95 Å². The molecule has 0 aliphatic carbocycles. The first-order valence-electron chi connectivity index (χ1n) is 10.4. The van der Waals surface area contributed by atoms with Gasteiger partial charge in [0.1, 0.15) is 11.6 Å². The fourth-order valence-electron chi connectivity index (χ4n) is 4.24. The molecular formula is C24H22F2N4. The summed E-state index contributed by atoms with van der Waals surface area (Å²) in [6.07, 6.45) is 7.43. The summed E-state index contributed by atoms with van der Waals surface area (Å²) in [5.41, 5.74) is 3.56. The van der Waals surface area contributed by atoms with Crippen LogP contribution in [0.2, 0.25) is 0 Å². The lowest BCUT2D eigenvalue weighted by Gasteiger charge is -2.14. The van der Waals surface area contributed by atoms with Crippen LogP contribution >= 0.6 is 0 Å². The molecule has 1 unspecified atom stereocenters. The molecule has 0 bridgehead atoms. The van der Waals surface area contributed by atoms with Gasteiger partial charge in [0.15, 0.2) is 0 Å². The summed E-state index contributed by atoms with van der Waals surface area (Å²) in [4.78, 5) is 15.9. The van der Waals surface area contributed by atoms with Gasteiger partial charge in [0.05, 0.1) is 11.6 Å². The first-order valence-corrected chi connectivity index (χ1v) is 10.4. The van der Waals surface area contributed by atoms with E-state index < -0.39 is 11.6 Å². The van der Waals surface area contributed by atoms with Gasteiger partial charge >= 0.3 is 0 Å². The molecule has 2 aliphatic heterocycles. The van der Waals surface area contributed by atoms with Crippen molar-refractivity contribution in [3.8, 4) is 11.1 Å². The molecule has 1 fully saturated rings. The van der Waals surface area contributed by atoms with Crippen LogP contribution < -0.4 is 4.90 Å². The predicted molar refractivity (Wildman–Crippen MR) is 114 cm³/mol. The van der Waals surface area contributed by atoms with E-state index in [0.29, 0.717) is 12.1 Å². The Bertz CT molecular complexity index is 1050. The largest absolute Gasteiger partial charge is 0.341 e. The summed E-state index contributed by atoms with van der Waals surface area (Å²) in [5, 5.41) is 0. The highest BCUT2D eigenvalue weighted by molar-refractivity contribution is 6.02. The Labute approximate surface area is 174 Å². The fourth-order valence-corrected chi connectivity index (χ4v) is 4.24. The predicted octanol–water partition coefficient (Wildman–Crippen LogP) is 5.35. The van der Waals surface area contributed by atoms with Crippen molar-refractivity contribution >= 4 is 11.7 Å². The van der Waals surface area contributed by atoms with E-state index in [9.17, 15) is 8.78 Å². The number of hydrogen-bond acceptors (Lipinski definition) is 4. The zero-order valence-corrected chi connectivity index (χ0v) is 16.6. The van der Waals surface area contributed by atoms with E-state index in [0.717, 1.165) is 42.1 Å². The lowest BCUT2D eigenvalue weighted by atomic mass is 10.0. The van der Waals surface area contributed by atoms with Crippen molar-refractivity contribution < 1.29 is 8.78 Å². The van der Waals surface area contributed by atoms with Crippen LogP contribution in [0.5, 0.6) is 0 Å². The van der Waals surface area contributed by atoms with Gasteiger partial charge in [-0.3, -0.25) is 4.99 Å². The van der Waals surface area contributed by atoms with Gasteiger partial charge in [0.25, 0.3) is 0 Å². The Kier molecular flexibility index (Phi) is 4.99. The maximum Gasteiger partial charge on any atom is 0.225 e. The molecule has 0 saturated carbocycles. The highest BCUT2D eigenvalue weighted by atomic mass is 19.1. The number of halogens is 2. The van der Waals surface area contributed by atoms with Crippen LogP contribution in [0.15, 0.2) is 59.9 Å². The fraction of sp³-hybridized carbons (Fsp3) is 0.292. The van der Waals surface area contributed by atoms with E-state index in [4.69, 9.17) is 0 Å². The molecule has 2 aliphatic rings. The number of anilines is 1. The number of aliphatic imine (C=N–C) groups is 1. The number of rotatable bonds is 4. The highest BCUT2D eigenvalue weighted by Crippen LogP contribution is 2.33. The maximum absolute atomic E-state index is 14.1. The molecule has 1 atom stereocenters. The topological polar surface area (TPSA) is 41.4 Å². The maximum atomic E-state index is 14.1. The molecule has 0 N–H and O–H groups in total. The molecule has 1 aromatic heterocycles. The summed E-state index contributed by atoms with van der Waals surface area (Å²) >= 11 is 0. The van der Waals surface area contributed by atoms with Crippen molar-refractivity contribution in [3.05, 3.63) is 77.6 Å². The molecule has 3 heterocycles. The number of hydrogen-bond donors (Lipinski definition) is 0. The van der Waals surface area contributed by atoms with E-state index in [-0.39, 0.29) is 11.6 Å². The molecule has 0 amide bonds. The van der Waals surface area contributed by atoms with E-state index in [1.54, 1.807) is 0 Å². The summed E-state index contributed by atoms with van der Waals surface area (Å²) < 4.78 is 28.1. The van der Waals surface area contributed by atoms with Gasteiger partial charge in [0, 0.05) is 36.8 Å². The van der Waals surface area contributed by atoms with Crippen molar-refractivity contribution in [2.24, 2.45) is 4.99 Å². The number of benzene rings is 2. The lowest BCUT2D eigenvalue weighted by Crippen LogP contribution is -2.20. The summed E-state index contributed by atoms with van der Waals surface area (Å²) in [6.45, 7) is 2.05. The molecule has 152 valence electrons. The molecule has 0 radical (unpaired) electrons. The number of nitrogens with zero attached hydrogens (tertiary/aromatic N) is 4. The zero-order chi connectivity index (χ0) is 20.5. The minimum absolute atomic E-state index is 0.00635. The Morgan fingerprint density at radius 1 is 0.833 bits per heavy atom. The van der Waals surface area contributed by atoms with Crippen LogP contribution in [0.3, 0.4) is 0 Å². The Morgan fingerprint density at radius 3 is 2.17 bits per heavy atom. The van der Waals surface area contributed by atoms with Gasteiger partial charge < -0.3 is 4.90 Å². The molecule has 6 heteroatoms. The van der Waals surface area contributed by atoms with Crippen molar-refractivity contribution in [1.29, 1.82) is 0 Å². The Balaban J connectivity index is 1.33. The SMILES string of the molecule is Fc1cccc(F)c1C1=NC(c2ccc(-c3cnc(N4CCCC4)nc3)cc2)CC1. The first kappa shape index (κ1) is 18.9. The van der Waals surface area contributed by atoms with Gasteiger partial charge in [-0.1, -0.05) is 30.3 Å². The van der Waals surface area contributed by atoms with Gasteiger partial charge in [-0.05, 0) is 48.9 Å². The second kappa shape index (κ2) is 7.94. The average molecular weight is 404 g/mol. The summed E-state index contributed by atoms with van der Waals surface area (Å²) in [6, 6.07) is 12.0. The van der Waals surface area contributed by atoms with Crippen LogP contribution in [-0.2, 0) is 0 Å². The standard InChI is InChI=1S/C24H22F2N4/c25-19-4-3-5-20(26)23(19)22-11-10-21(29-22)17-8-6-16(7-9-17)18-14-27-24(28-15-18)30-12-1-2-13-30/h3-9,14-15,21H,1-2,10-13H2. The van der Waals surface area contributed by atoms with E-state index in [1.165, 1.54) is 31.0 Å². The van der Waals surface area contributed by atoms with Crippen LogP contribution in [0.1, 0.15) is 42.9 Å². The van der Waals surface area contributed by atoms with Crippen LogP contribution in [0.4, 0.5) is 14.7 Å². The Morgan fingerprint density at radius 2 is 1.50 bits per heavy atom. The lowest BCUT2D eigenvalue weighted by molar-refractivity contribution is 0.578. The molecule has 0 spiro atoms. The molecular weight excluding hydrogens is 382 g/mol. The highest BCUT2D eigenvalue weighted by Gasteiger charge is 2.24. The molecule has 2 aromatic carbocycles. The van der Waals surface area contributed by atoms with Crippen molar-refractivity contribution in [2.75, 3.05) is 18.0 Å². The van der Waals surface area contributed by atoms with Gasteiger partial charge in [-0.2, -0.15) is 0 Å². The average Bonchev–Trinajstić information content (AvgIpc) is 3.47. The first-order chi connectivity index (χ1) is 14.7. The third kappa shape index (κ3) is 3.58. The van der Waals surface area contributed by atoms with E-state index in [2.05, 4.69) is 19.9 Å². The third-order valence-corrected chi connectivity index (χ3v) is 5.87. The van der Waals surface area contributed by atoms with E-state index in [1.807, 2.05) is 36.7 Å². The summed E-state index contributed by atoms with van der Waals surface area (Å²) in [5.74, 6) is -0.315. The normalized spacial score (nSPS) is 18.7. The van der Waals surface area contributed by atoms with Crippen LogP contribution in [0, 0.1) is 11.6 Å². The second-order valence-electron chi connectivity index (χ2n) is 7.81. The minimum Gasteiger partial charge on any atom is -0.341 e. The van der Waals surface area contributed by atoms with Gasteiger partial charge in [-0.25, -0.2) is 18.7 Å². The summed E-state index contributed by atoms with van der Waals surface area (Å²) in [7, 11) is 0. The molecule has 3 aromatic rings. The zero-order valence-electron chi connectivity index (χ0n) is 16.6. The second-order valence-corrected chi connectivity index (χ2v) is 7.81. The molecule has 30 heavy (non-hydrogen) atoms. The molecule has 5 rings (SSSR count).